The van der Waals surface area contributed by atoms with Crippen LogP contribution in [0.25, 0.3) is 0 Å². The van der Waals surface area contributed by atoms with E-state index in [1.54, 1.807) is 12.2 Å². The van der Waals surface area contributed by atoms with Crippen molar-refractivity contribution in [1.82, 2.24) is 0 Å². The van der Waals surface area contributed by atoms with Crippen molar-refractivity contribution < 1.29 is 14.3 Å². The van der Waals surface area contributed by atoms with Crippen LogP contribution in [0.1, 0.15) is 20.8 Å². The SMILES string of the molecule is CC(C)(C)C(=O)OC1=COCC=C1. The third kappa shape index (κ3) is 2.93. The molecule has 1 heterocycles. The Kier molecular flexibility index (Phi) is 2.76. The van der Waals surface area contributed by atoms with Gasteiger partial charge in [-0.25, -0.2) is 0 Å². The van der Waals surface area contributed by atoms with Crippen molar-refractivity contribution >= 4 is 5.97 Å². The summed E-state index contributed by atoms with van der Waals surface area (Å²) in [6, 6.07) is 0. The number of hydrogen-bond donors (Lipinski definition) is 0. The Bertz CT molecular complexity index is 256. The maximum Gasteiger partial charge on any atom is 0.316 e. The second kappa shape index (κ2) is 3.64. The molecule has 0 fully saturated rings. The Balaban J connectivity index is 2.54. The first-order valence-corrected chi connectivity index (χ1v) is 4.21. The van der Waals surface area contributed by atoms with Gasteiger partial charge in [0.05, 0.1) is 5.41 Å². The van der Waals surface area contributed by atoms with Gasteiger partial charge < -0.3 is 9.47 Å². The van der Waals surface area contributed by atoms with Crippen LogP contribution in [0, 0.1) is 5.41 Å². The van der Waals surface area contributed by atoms with Gasteiger partial charge in [-0.2, -0.15) is 0 Å². The van der Waals surface area contributed by atoms with Crippen LogP contribution >= 0.6 is 0 Å². The maximum atomic E-state index is 11.4. The topological polar surface area (TPSA) is 35.5 Å². The number of esters is 1. The van der Waals surface area contributed by atoms with Crippen molar-refractivity contribution in [2.24, 2.45) is 5.41 Å². The zero-order valence-electron chi connectivity index (χ0n) is 8.16. The van der Waals surface area contributed by atoms with Crippen LogP contribution in [0.3, 0.4) is 0 Å². The molecule has 0 saturated heterocycles. The first-order chi connectivity index (χ1) is 6.00. The predicted octanol–water partition coefficient (Wildman–Crippen LogP) is 2.00. The second-order valence-corrected chi connectivity index (χ2v) is 3.90. The van der Waals surface area contributed by atoms with E-state index >= 15 is 0 Å². The standard InChI is InChI=1S/C10H14O3/c1-10(2,3)9(11)13-8-5-4-6-12-7-8/h4-5,7H,6H2,1-3H3. The van der Waals surface area contributed by atoms with E-state index in [1.165, 1.54) is 6.26 Å². The van der Waals surface area contributed by atoms with E-state index in [1.807, 2.05) is 20.8 Å². The first-order valence-electron chi connectivity index (χ1n) is 4.21. The van der Waals surface area contributed by atoms with Crippen molar-refractivity contribution in [3.05, 3.63) is 24.2 Å². The number of ether oxygens (including phenoxy) is 2. The van der Waals surface area contributed by atoms with Crippen LogP contribution in [-0.4, -0.2) is 12.6 Å². The highest BCUT2D eigenvalue weighted by Gasteiger charge is 2.24. The van der Waals surface area contributed by atoms with Crippen LogP contribution in [0.4, 0.5) is 0 Å². The molecular formula is C10H14O3. The minimum atomic E-state index is -0.480. The summed E-state index contributed by atoms with van der Waals surface area (Å²) in [6.45, 7) is 5.96. The number of carbonyl (C=O) groups excluding carboxylic acids is 1. The summed E-state index contributed by atoms with van der Waals surface area (Å²) < 4.78 is 10.0. The number of rotatable bonds is 1. The third-order valence-electron chi connectivity index (χ3n) is 1.50. The fourth-order valence-electron chi connectivity index (χ4n) is 0.708. The molecule has 0 unspecified atom stereocenters. The molecule has 0 aromatic heterocycles. The highest BCUT2D eigenvalue weighted by molar-refractivity contribution is 5.76. The number of hydrogen-bond acceptors (Lipinski definition) is 3. The smallest absolute Gasteiger partial charge is 0.316 e. The van der Waals surface area contributed by atoms with Gasteiger partial charge >= 0.3 is 5.97 Å². The molecule has 0 aliphatic carbocycles. The Labute approximate surface area is 78.0 Å². The molecule has 13 heavy (non-hydrogen) atoms. The molecule has 3 heteroatoms. The summed E-state index contributed by atoms with van der Waals surface area (Å²) in [5.41, 5.74) is -0.480. The van der Waals surface area contributed by atoms with E-state index in [0.29, 0.717) is 12.4 Å². The molecule has 0 amide bonds. The summed E-state index contributed by atoms with van der Waals surface area (Å²) in [5.74, 6) is 0.208. The monoisotopic (exact) mass is 182 g/mol. The molecular weight excluding hydrogens is 168 g/mol. The van der Waals surface area contributed by atoms with E-state index in [2.05, 4.69) is 0 Å². The van der Waals surface area contributed by atoms with Crippen LogP contribution < -0.4 is 0 Å². The van der Waals surface area contributed by atoms with Gasteiger partial charge in [0.25, 0.3) is 0 Å². The van der Waals surface area contributed by atoms with E-state index in [0.717, 1.165) is 0 Å². The minimum Gasteiger partial charge on any atom is -0.493 e. The Morgan fingerprint density at radius 2 is 2.23 bits per heavy atom. The number of carbonyl (C=O) groups is 1. The molecule has 0 saturated carbocycles. The molecule has 0 bridgehead atoms. The quantitative estimate of drug-likeness (QED) is 0.582. The lowest BCUT2D eigenvalue weighted by atomic mass is 9.97. The van der Waals surface area contributed by atoms with E-state index in [-0.39, 0.29) is 5.97 Å². The first kappa shape index (κ1) is 9.84. The van der Waals surface area contributed by atoms with Crippen molar-refractivity contribution in [3.63, 3.8) is 0 Å². The van der Waals surface area contributed by atoms with E-state index in [4.69, 9.17) is 9.47 Å². The maximum absolute atomic E-state index is 11.4. The lowest BCUT2D eigenvalue weighted by Crippen LogP contribution is -2.22. The average Bonchev–Trinajstić information content (AvgIpc) is 2.04. The summed E-state index contributed by atoms with van der Waals surface area (Å²) in [5, 5.41) is 0. The molecule has 0 aromatic carbocycles. The van der Waals surface area contributed by atoms with Gasteiger partial charge in [-0.3, -0.25) is 4.79 Å². The largest absolute Gasteiger partial charge is 0.493 e. The molecule has 1 rings (SSSR count). The minimum absolute atomic E-state index is 0.256. The molecule has 72 valence electrons. The Morgan fingerprint density at radius 3 is 2.69 bits per heavy atom. The van der Waals surface area contributed by atoms with E-state index < -0.39 is 5.41 Å². The van der Waals surface area contributed by atoms with Gasteiger partial charge in [0.1, 0.15) is 12.9 Å². The zero-order valence-corrected chi connectivity index (χ0v) is 8.16. The molecule has 1 aliphatic rings. The fourth-order valence-corrected chi connectivity index (χ4v) is 0.708. The predicted molar refractivity (Wildman–Crippen MR) is 48.7 cm³/mol. The molecule has 1 aliphatic heterocycles. The van der Waals surface area contributed by atoms with Crippen molar-refractivity contribution in [1.29, 1.82) is 0 Å². The lowest BCUT2D eigenvalue weighted by molar-refractivity contribution is -0.148. The normalized spacial score (nSPS) is 16.1. The molecule has 0 aromatic rings. The zero-order chi connectivity index (χ0) is 9.90. The van der Waals surface area contributed by atoms with Crippen LogP contribution in [0.5, 0.6) is 0 Å². The molecule has 0 spiro atoms. The van der Waals surface area contributed by atoms with Gasteiger partial charge in [-0.05, 0) is 32.9 Å². The van der Waals surface area contributed by atoms with Gasteiger partial charge in [-0.15, -0.1) is 0 Å². The molecule has 0 atom stereocenters. The molecule has 3 nitrogen and oxygen atoms in total. The summed E-state index contributed by atoms with van der Waals surface area (Å²) in [4.78, 5) is 11.4. The van der Waals surface area contributed by atoms with Gasteiger partial charge in [0.15, 0.2) is 5.76 Å². The Hall–Kier alpha value is -1.25. The van der Waals surface area contributed by atoms with Crippen molar-refractivity contribution in [2.75, 3.05) is 6.61 Å². The number of allylic oxidation sites excluding steroid dienone is 1. The van der Waals surface area contributed by atoms with Crippen molar-refractivity contribution in [2.45, 2.75) is 20.8 Å². The fraction of sp³-hybridized carbons (Fsp3) is 0.500. The van der Waals surface area contributed by atoms with Gasteiger partial charge in [-0.1, -0.05) is 0 Å². The van der Waals surface area contributed by atoms with Crippen LogP contribution in [-0.2, 0) is 14.3 Å². The molecule has 0 N–H and O–H groups in total. The second-order valence-electron chi connectivity index (χ2n) is 3.90. The highest BCUT2D eigenvalue weighted by Crippen LogP contribution is 2.18. The Morgan fingerprint density at radius 1 is 1.54 bits per heavy atom. The van der Waals surface area contributed by atoms with Gasteiger partial charge in [0.2, 0.25) is 0 Å². The van der Waals surface area contributed by atoms with Gasteiger partial charge in [0, 0.05) is 0 Å². The summed E-state index contributed by atoms with van der Waals surface area (Å²) in [6.07, 6.45) is 4.97. The van der Waals surface area contributed by atoms with E-state index in [9.17, 15) is 4.79 Å². The summed E-state index contributed by atoms with van der Waals surface area (Å²) >= 11 is 0. The highest BCUT2D eigenvalue weighted by atomic mass is 16.6. The van der Waals surface area contributed by atoms with Crippen LogP contribution in [0.2, 0.25) is 0 Å². The molecule has 0 radical (unpaired) electrons. The third-order valence-corrected chi connectivity index (χ3v) is 1.50. The average molecular weight is 182 g/mol. The van der Waals surface area contributed by atoms with Crippen LogP contribution in [0.15, 0.2) is 24.2 Å². The lowest BCUT2D eigenvalue weighted by Gasteiger charge is -2.17. The summed E-state index contributed by atoms with van der Waals surface area (Å²) in [7, 11) is 0. The van der Waals surface area contributed by atoms with Crippen molar-refractivity contribution in [3.8, 4) is 0 Å².